The van der Waals surface area contributed by atoms with E-state index in [9.17, 15) is 8.42 Å². The summed E-state index contributed by atoms with van der Waals surface area (Å²) in [5, 5.41) is 0. The van der Waals surface area contributed by atoms with Gasteiger partial charge in [-0.3, -0.25) is 0 Å². The SMILES string of the molecule is Cc1cc(C)cc(OS(=O)(=O)CCC(C)C)c1. The van der Waals surface area contributed by atoms with E-state index in [1.165, 1.54) is 0 Å². The first-order valence-corrected chi connectivity index (χ1v) is 7.37. The zero-order valence-electron chi connectivity index (χ0n) is 10.9. The van der Waals surface area contributed by atoms with E-state index in [4.69, 9.17) is 4.18 Å². The van der Waals surface area contributed by atoms with Crippen LogP contribution in [0.2, 0.25) is 0 Å². The third kappa shape index (κ3) is 5.22. The molecule has 1 aromatic carbocycles. The van der Waals surface area contributed by atoms with Gasteiger partial charge in [-0.15, -0.1) is 0 Å². The fourth-order valence-electron chi connectivity index (χ4n) is 1.55. The smallest absolute Gasteiger partial charge is 0.309 e. The van der Waals surface area contributed by atoms with Crippen LogP contribution in [0.5, 0.6) is 5.75 Å². The van der Waals surface area contributed by atoms with Crippen LogP contribution in [0.3, 0.4) is 0 Å². The maximum atomic E-state index is 11.7. The highest BCUT2D eigenvalue weighted by Crippen LogP contribution is 2.18. The van der Waals surface area contributed by atoms with Gasteiger partial charge in [0, 0.05) is 0 Å². The van der Waals surface area contributed by atoms with E-state index in [-0.39, 0.29) is 5.75 Å². The fraction of sp³-hybridized carbons (Fsp3) is 0.538. The standard InChI is InChI=1S/C13H20O3S/c1-10(2)5-6-17(14,15)16-13-8-11(3)7-12(4)9-13/h7-10H,5-6H2,1-4H3. The van der Waals surface area contributed by atoms with Crippen LogP contribution in [-0.4, -0.2) is 14.2 Å². The Morgan fingerprint density at radius 3 is 2.12 bits per heavy atom. The lowest BCUT2D eigenvalue weighted by atomic mass is 10.1. The number of aryl methyl sites for hydroxylation is 2. The molecule has 1 aromatic rings. The molecule has 0 N–H and O–H groups in total. The molecule has 96 valence electrons. The number of hydrogen-bond acceptors (Lipinski definition) is 3. The van der Waals surface area contributed by atoms with Crippen molar-refractivity contribution in [3.63, 3.8) is 0 Å². The van der Waals surface area contributed by atoms with Gasteiger partial charge in [-0.25, -0.2) is 0 Å². The van der Waals surface area contributed by atoms with Crippen LogP contribution >= 0.6 is 0 Å². The van der Waals surface area contributed by atoms with Gasteiger partial charge >= 0.3 is 10.1 Å². The summed E-state index contributed by atoms with van der Waals surface area (Å²) in [5.41, 5.74) is 2.00. The largest absolute Gasteiger partial charge is 0.382 e. The summed E-state index contributed by atoms with van der Waals surface area (Å²) in [4.78, 5) is 0. The quantitative estimate of drug-likeness (QED) is 0.760. The molecule has 0 unspecified atom stereocenters. The average molecular weight is 256 g/mol. The van der Waals surface area contributed by atoms with Crippen molar-refractivity contribution in [1.82, 2.24) is 0 Å². The predicted molar refractivity (Wildman–Crippen MR) is 69.8 cm³/mol. The maximum Gasteiger partial charge on any atom is 0.309 e. The summed E-state index contributed by atoms with van der Waals surface area (Å²) in [6.45, 7) is 7.82. The van der Waals surface area contributed by atoms with Crippen molar-refractivity contribution in [2.75, 3.05) is 5.75 Å². The highest BCUT2D eigenvalue weighted by molar-refractivity contribution is 7.87. The lowest BCUT2D eigenvalue weighted by molar-refractivity contribution is 0.477. The molecule has 4 heteroatoms. The molecule has 0 atom stereocenters. The molecule has 1 rings (SSSR count). The van der Waals surface area contributed by atoms with Crippen molar-refractivity contribution in [1.29, 1.82) is 0 Å². The van der Waals surface area contributed by atoms with E-state index in [1.807, 2.05) is 33.8 Å². The number of hydrogen-bond donors (Lipinski definition) is 0. The highest BCUT2D eigenvalue weighted by Gasteiger charge is 2.14. The summed E-state index contributed by atoms with van der Waals surface area (Å²) in [6, 6.07) is 5.45. The third-order valence-electron chi connectivity index (χ3n) is 2.36. The van der Waals surface area contributed by atoms with Crippen LogP contribution in [-0.2, 0) is 10.1 Å². The van der Waals surface area contributed by atoms with Gasteiger partial charge in [0.15, 0.2) is 0 Å². The molecule has 0 amide bonds. The van der Waals surface area contributed by atoms with Gasteiger partial charge in [0.25, 0.3) is 0 Å². The van der Waals surface area contributed by atoms with E-state index >= 15 is 0 Å². The molecule has 3 nitrogen and oxygen atoms in total. The second-order valence-corrected chi connectivity index (χ2v) is 6.54. The van der Waals surface area contributed by atoms with E-state index < -0.39 is 10.1 Å². The Bertz CT molecular complexity index is 455. The normalized spacial score (nSPS) is 11.8. The Morgan fingerprint density at radius 1 is 1.12 bits per heavy atom. The van der Waals surface area contributed by atoms with E-state index in [0.717, 1.165) is 11.1 Å². The molecule has 0 saturated carbocycles. The zero-order chi connectivity index (χ0) is 13.1. The van der Waals surface area contributed by atoms with Gasteiger partial charge in [-0.2, -0.15) is 8.42 Å². The topological polar surface area (TPSA) is 43.4 Å². The first kappa shape index (κ1) is 14.0. The first-order valence-electron chi connectivity index (χ1n) is 5.79. The van der Waals surface area contributed by atoms with Crippen molar-refractivity contribution in [2.45, 2.75) is 34.1 Å². The van der Waals surface area contributed by atoms with Crippen LogP contribution in [0.1, 0.15) is 31.4 Å². The van der Waals surface area contributed by atoms with E-state index in [2.05, 4.69) is 0 Å². The lowest BCUT2D eigenvalue weighted by Crippen LogP contribution is -2.15. The highest BCUT2D eigenvalue weighted by atomic mass is 32.2. The average Bonchev–Trinajstić information content (AvgIpc) is 2.12. The molecule has 0 aliphatic carbocycles. The van der Waals surface area contributed by atoms with Gasteiger partial charge in [-0.1, -0.05) is 19.9 Å². The Morgan fingerprint density at radius 2 is 1.65 bits per heavy atom. The minimum absolute atomic E-state index is 0.0671. The molecule has 0 aliphatic rings. The van der Waals surface area contributed by atoms with Crippen molar-refractivity contribution in [3.05, 3.63) is 29.3 Å². The molecule has 0 spiro atoms. The summed E-state index contributed by atoms with van der Waals surface area (Å²) < 4.78 is 28.5. The van der Waals surface area contributed by atoms with Crippen LogP contribution in [0.4, 0.5) is 0 Å². The summed E-state index contributed by atoms with van der Waals surface area (Å²) in [7, 11) is -3.46. The Kier molecular flexibility index (Phi) is 4.57. The van der Waals surface area contributed by atoms with Gasteiger partial charge in [-0.05, 0) is 49.4 Å². The summed E-state index contributed by atoms with van der Waals surface area (Å²) >= 11 is 0. The molecule has 0 heterocycles. The van der Waals surface area contributed by atoms with Gasteiger partial charge < -0.3 is 4.18 Å². The minimum atomic E-state index is -3.46. The number of rotatable bonds is 5. The molecular formula is C13H20O3S. The predicted octanol–water partition coefficient (Wildman–Crippen LogP) is 3.06. The second-order valence-electron chi connectivity index (χ2n) is 4.85. The Balaban J connectivity index is 2.76. The second kappa shape index (κ2) is 5.54. The van der Waals surface area contributed by atoms with Gasteiger partial charge in [0.1, 0.15) is 5.75 Å². The Hall–Kier alpha value is -1.03. The van der Waals surface area contributed by atoms with Crippen molar-refractivity contribution >= 4 is 10.1 Å². The third-order valence-corrected chi connectivity index (χ3v) is 3.55. The van der Waals surface area contributed by atoms with Gasteiger partial charge in [0.05, 0.1) is 5.75 Å². The van der Waals surface area contributed by atoms with Crippen molar-refractivity contribution < 1.29 is 12.6 Å². The fourth-order valence-corrected chi connectivity index (χ4v) is 2.78. The summed E-state index contributed by atoms with van der Waals surface area (Å²) in [6.07, 6.45) is 0.618. The molecule has 17 heavy (non-hydrogen) atoms. The number of benzene rings is 1. The van der Waals surface area contributed by atoms with Crippen LogP contribution in [0, 0.1) is 19.8 Å². The Labute approximate surface area is 104 Å². The molecule has 0 fully saturated rings. The summed E-state index contributed by atoms with van der Waals surface area (Å²) in [5.74, 6) is 0.830. The van der Waals surface area contributed by atoms with Crippen molar-refractivity contribution in [3.8, 4) is 5.75 Å². The monoisotopic (exact) mass is 256 g/mol. The molecule has 0 saturated heterocycles. The molecule has 0 aliphatic heterocycles. The lowest BCUT2D eigenvalue weighted by Gasteiger charge is -2.09. The minimum Gasteiger partial charge on any atom is -0.382 e. The van der Waals surface area contributed by atoms with E-state index in [1.54, 1.807) is 12.1 Å². The van der Waals surface area contributed by atoms with Gasteiger partial charge in [0.2, 0.25) is 0 Å². The van der Waals surface area contributed by atoms with E-state index in [0.29, 0.717) is 18.1 Å². The van der Waals surface area contributed by atoms with Crippen LogP contribution in [0.15, 0.2) is 18.2 Å². The van der Waals surface area contributed by atoms with Crippen molar-refractivity contribution in [2.24, 2.45) is 5.92 Å². The first-order chi connectivity index (χ1) is 7.78. The molecule has 0 radical (unpaired) electrons. The molecule has 0 aromatic heterocycles. The molecule has 0 bridgehead atoms. The zero-order valence-corrected chi connectivity index (χ0v) is 11.7. The molecular weight excluding hydrogens is 236 g/mol. The van der Waals surface area contributed by atoms with Crippen LogP contribution in [0.25, 0.3) is 0 Å². The maximum absolute atomic E-state index is 11.7. The van der Waals surface area contributed by atoms with Crippen LogP contribution < -0.4 is 4.18 Å².